The van der Waals surface area contributed by atoms with Crippen LogP contribution in [-0.4, -0.2) is 18.5 Å². The van der Waals surface area contributed by atoms with Crippen LogP contribution >= 0.6 is 0 Å². The molecule has 0 aromatic carbocycles. The summed E-state index contributed by atoms with van der Waals surface area (Å²) in [7, 11) is 0. The van der Waals surface area contributed by atoms with Crippen LogP contribution in [0.4, 0.5) is 0 Å². The Bertz CT molecular complexity index is 124. The monoisotopic (exact) mass is 128 g/mol. The van der Waals surface area contributed by atoms with Gasteiger partial charge < -0.3 is 11.1 Å². The molecule has 0 bridgehead atoms. The van der Waals surface area contributed by atoms with Gasteiger partial charge in [0.25, 0.3) is 0 Å². The average Bonchev–Trinajstić information content (AvgIpc) is 1.83. The second kappa shape index (κ2) is 2.35. The molecule has 1 fully saturated rings. The fraction of sp³-hybridized carbons (Fsp3) is 0.833. The number of nitrogens with one attached hydrogen (secondary N) is 1. The lowest BCUT2D eigenvalue weighted by atomic mass is 9.95. The predicted molar refractivity (Wildman–Crippen MR) is 34.8 cm³/mol. The maximum Gasteiger partial charge on any atom is 0.237 e. The third kappa shape index (κ3) is 1.21. The summed E-state index contributed by atoms with van der Waals surface area (Å²) in [6.45, 7) is 2.79. The van der Waals surface area contributed by atoms with Crippen LogP contribution in [0.1, 0.15) is 13.3 Å². The first kappa shape index (κ1) is 6.55. The van der Waals surface area contributed by atoms with E-state index in [4.69, 9.17) is 5.73 Å². The zero-order valence-electron chi connectivity index (χ0n) is 5.55. The zero-order valence-corrected chi connectivity index (χ0v) is 5.55. The summed E-state index contributed by atoms with van der Waals surface area (Å²) in [5.74, 6) is 0.340. The molecule has 0 aromatic rings. The molecule has 2 atom stereocenters. The molecule has 0 unspecified atom stereocenters. The lowest BCUT2D eigenvalue weighted by molar-refractivity contribution is -0.124. The van der Waals surface area contributed by atoms with Gasteiger partial charge in [-0.3, -0.25) is 4.79 Å². The number of hydrogen-bond acceptors (Lipinski definition) is 2. The van der Waals surface area contributed by atoms with Gasteiger partial charge in [0, 0.05) is 6.54 Å². The molecule has 9 heavy (non-hydrogen) atoms. The van der Waals surface area contributed by atoms with Crippen LogP contribution in [0.5, 0.6) is 0 Å². The Morgan fingerprint density at radius 1 is 1.78 bits per heavy atom. The van der Waals surface area contributed by atoms with E-state index in [0.29, 0.717) is 5.92 Å². The van der Waals surface area contributed by atoms with Gasteiger partial charge in [-0.1, -0.05) is 6.92 Å². The van der Waals surface area contributed by atoms with Crippen LogP contribution in [0.3, 0.4) is 0 Å². The minimum atomic E-state index is -0.279. The summed E-state index contributed by atoms with van der Waals surface area (Å²) < 4.78 is 0. The van der Waals surface area contributed by atoms with E-state index in [1.165, 1.54) is 0 Å². The van der Waals surface area contributed by atoms with Gasteiger partial charge in [0.1, 0.15) is 0 Å². The summed E-state index contributed by atoms with van der Waals surface area (Å²) in [6.07, 6.45) is 1.01. The summed E-state index contributed by atoms with van der Waals surface area (Å²) in [5, 5.41) is 2.70. The first-order valence-corrected chi connectivity index (χ1v) is 3.25. The molecule has 3 N–H and O–H groups in total. The normalized spacial score (nSPS) is 36.0. The molecular formula is C6H12N2O. The molecule has 52 valence electrons. The topological polar surface area (TPSA) is 55.1 Å². The maximum atomic E-state index is 10.8. The Balaban J connectivity index is 2.51. The van der Waals surface area contributed by atoms with E-state index in [2.05, 4.69) is 5.32 Å². The fourth-order valence-electron chi connectivity index (χ4n) is 0.979. The highest BCUT2D eigenvalue weighted by Crippen LogP contribution is 2.08. The molecule has 0 spiro atoms. The third-order valence-electron chi connectivity index (χ3n) is 1.81. The van der Waals surface area contributed by atoms with Crippen molar-refractivity contribution in [1.82, 2.24) is 5.32 Å². The summed E-state index contributed by atoms with van der Waals surface area (Å²) in [5.41, 5.74) is 5.51. The van der Waals surface area contributed by atoms with Crippen molar-refractivity contribution < 1.29 is 4.79 Å². The number of piperidine rings is 1. The van der Waals surface area contributed by atoms with Crippen molar-refractivity contribution in [1.29, 1.82) is 0 Å². The summed E-state index contributed by atoms with van der Waals surface area (Å²) in [6, 6.07) is -0.279. The van der Waals surface area contributed by atoms with E-state index in [-0.39, 0.29) is 11.9 Å². The molecule has 3 heteroatoms. The van der Waals surface area contributed by atoms with Crippen LogP contribution < -0.4 is 11.1 Å². The van der Waals surface area contributed by atoms with Crippen molar-refractivity contribution >= 4 is 5.91 Å². The SMILES string of the molecule is C[C@H]1CCNC(=O)[C@@H]1N. The van der Waals surface area contributed by atoms with Crippen LogP contribution in [0, 0.1) is 5.92 Å². The number of carbonyl (C=O) groups is 1. The van der Waals surface area contributed by atoms with Crippen molar-refractivity contribution in [3.05, 3.63) is 0 Å². The summed E-state index contributed by atoms with van der Waals surface area (Å²) >= 11 is 0. The van der Waals surface area contributed by atoms with Crippen molar-refractivity contribution in [2.24, 2.45) is 11.7 Å². The molecule has 1 heterocycles. The number of carbonyl (C=O) groups excluding carboxylic acids is 1. The smallest absolute Gasteiger partial charge is 0.237 e. The van der Waals surface area contributed by atoms with E-state index in [1.54, 1.807) is 0 Å². The van der Waals surface area contributed by atoms with E-state index >= 15 is 0 Å². The Morgan fingerprint density at radius 2 is 2.44 bits per heavy atom. The highest BCUT2D eigenvalue weighted by molar-refractivity contribution is 5.82. The van der Waals surface area contributed by atoms with Gasteiger partial charge in [0.2, 0.25) is 5.91 Å². The first-order valence-electron chi connectivity index (χ1n) is 3.25. The standard InChI is InChI=1S/C6H12N2O/c1-4-2-3-8-6(9)5(4)7/h4-5H,2-3,7H2,1H3,(H,8,9)/t4-,5+/m0/s1. The molecule has 0 aromatic heterocycles. The minimum Gasteiger partial charge on any atom is -0.355 e. The Labute approximate surface area is 54.6 Å². The molecule has 3 nitrogen and oxygen atoms in total. The molecular weight excluding hydrogens is 116 g/mol. The number of amides is 1. The number of nitrogens with two attached hydrogens (primary N) is 1. The second-order valence-electron chi connectivity index (χ2n) is 2.58. The predicted octanol–water partition coefficient (Wildman–Crippen LogP) is -0.530. The van der Waals surface area contributed by atoms with Crippen LogP contribution in [0.2, 0.25) is 0 Å². The highest BCUT2D eigenvalue weighted by Gasteiger charge is 2.24. The van der Waals surface area contributed by atoms with Crippen LogP contribution in [0.15, 0.2) is 0 Å². The largest absolute Gasteiger partial charge is 0.355 e. The molecule has 1 aliphatic rings. The molecule has 0 saturated carbocycles. The summed E-state index contributed by atoms with van der Waals surface area (Å²) in [4.78, 5) is 10.8. The Kier molecular flexibility index (Phi) is 1.71. The molecule has 0 aliphatic carbocycles. The lowest BCUT2D eigenvalue weighted by Crippen LogP contribution is -2.50. The van der Waals surface area contributed by atoms with Gasteiger partial charge in [-0.15, -0.1) is 0 Å². The van der Waals surface area contributed by atoms with E-state index in [9.17, 15) is 4.79 Å². The van der Waals surface area contributed by atoms with Crippen molar-refractivity contribution in [3.63, 3.8) is 0 Å². The minimum absolute atomic E-state index is 0.00579. The van der Waals surface area contributed by atoms with Crippen molar-refractivity contribution in [2.75, 3.05) is 6.54 Å². The average molecular weight is 128 g/mol. The molecule has 1 saturated heterocycles. The Hall–Kier alpha value is -0.570. The second-order valence-corrected chi connectivity index (χ2v) is 2.58. The number of rotatable bonds is 0. The fourth-order valence-corrected chi connectivity index (χ4v) is 0.979. The Morgan fingerprint density at radius 3 is 2.89 bits per heavy atom. The number of hydrogen-bond donors (Lipinski definition) is 2. The molecule has 0 radical (unpaired) electrons. The van der Waals surface area contributed by atoms with Crippen molar-refractivity contribution in [3.8, 4) is 0 Å². The molecule has 1 amide bonds. The quantitative estimate of drug-likeness (QED) is 0.461. The maximum absolute atomic E-state index is 10.8. The van der Waals surface area contributed by atoms with Gasteiger partial charge in [0.05, 0.1) is 6.04 Å². The lowest BCUT2D eigenvalue weighted by Gasteiger charge is -2.24. The van der Waals surface area contributed by atoms with Gasteiger partial charge in [-0.25, -0.2) is 0 Å². The van der Waals surface area contributed by atoms with Gasteiger partial charge in [0.15, 0.2) is 0 Å². The zero-order chi connectivity index (χ0) is 6.85. The first-order chi connectivity index (χ1) is 4.22. The van der Waals surface area contributed by atoms with Crippen molar-refractivity contribution in [2.45, 2.75) is 19.4 Å². The molecule has 1 rings (SSSR count). The van der Waals surface area contributed by atoms with Crippen LogP contribution in [0.25, 0.3) is 0 Å². The van der Waals surface area contributed by atoms with Gasteiger partial charge in [-0.2, -0.15) is 0 Å². The van der Waals surface area contributed by atoms with Crippen LogP contribution in [-0.2, 0) is 4.79 Å². The van der Waals surface area contributed by atoms with E-state index in [1.807, 2.05) is 6.92 Å². The highest BCUT2D eigenvalue weighted by atomic mass is 16.2. The van der Waals surface area contributed by atoms with Gasteiger partial charge in [-0.05, 0) is 12.3 Å². The van der Waals surface area contributed by atoms with E-state index < -0.39 is 0 Å². The molecule has 1 aliphatic heterocycles. The third-order valence-corrected chi connectivity index (χ3v) is 1.81. The van der Waals surface area contributed by atoms with Gasteiger partial charge >= 0.3 is 0 Å². The van der Waals surface area contributed by atoms with E-state index in [0.717, 1.165) is 13.0 Å².